The number of rotatable bonds is 5. The molecular formula is C19H21NO3. The third kappa shape index (κ3) is 3.83. The van der Waals surface area contributed by atoms with Gasteiger partial charge in [-0.15, -0.1) is 0 Å². The maximum Gasteiger partial charge on any atom is 0.258 e. The first-order valence-corrected chi connectivity index (χ1v) is 7.99. The molecule has 0 unspecified atom stereocenters. The number of hydrogen-bond donors (Lipinski definition) is 1. The third-order valence-corrected chi connectivity index (χ3v) is 3.97. The minimum absolute atomic E-state index is 0.0157. The predicted molar refractivity (Wildman–Crippen MR) is 88.8 cm³/mol. The Morgan fingerprint density at radius 1 is 1.26 bits per heavy atom. The highest BCUT2D eigenvalue weighted by Crippen LogP contribution is 2.31. The predicted octanol–water partition coefficient (Wildman–Crippen LogP) is 3.27. The van der Waals surface area contributed by atoms with Crippen LogP contribution in [0, 0.1) is 0 Å². The van der Waals surface area contributed by atoms with Crippen molar-refractivity contribution in [1.29, 1.82) is 0 Å². The Hall–Kier alpha value is -2.49. The van der Waals surface area contributed by atoms with E-state index in [4.69, 9.17) is 9.47 Å². The van der Waals surface area contributed by atoms with Gasteiger partial charge in [0.25, 0.3) is 5.91 Å². The molecule has 0 saturated heterocycles. The van der Waals surface area contributed by atoms with E-state index in [9.17, 15) is 4.79 Å². The molecule has 1 N–H and O–H groups in total. The number of benzene rings is 2. The molecule has 2 aromatic carbocycles. The highest BCUT2D eigenvalue weighted by molar-refractivity contribution is 5.78. The van der Waals surface area contributed by atoms with Gasteiger partial charge in [0.2, 0.25) is 0 Å². The zero-order valence-electron chi connectivity index (χ0n) is 13.2. The van der Waals surface area contributed by atoms with E-state index in [1.54, 1.807) is 0 Å². The summed E-state index contributed by atoms with van der Waals surface area (Å²) in [6.07, 6.45) is 1.72. The third-order valence-electron chi connectivity index (χ3n) is 3.97. The maximum atomic E-state index is 12.2. The fourth-order valence-corrected chi connectivity index (χ4v) is 2.73. The van der Waals surface area contributed by atoms with Crippen molar-refractivity contribution in [3.8, 4) is 11.5 Å². The Balaban J connectivity index is 1.58. The van der Waals surface area contributed by atoms with Crippen LogP contribution in [0.2, 0.25) is 0 Å². The lowest BCUT2D eigenvalue weighted by Crippen LogP contribution is -2.35. The second kappa shape index (κ2) is 7.18. The molecule has 1 aliphatic rings. The van der Waals surface area contributed by atoms with Gasteiger partial charge in [-0.1, -0.05) is 37.3 Å². The number of nitrogens with one attached hydrogen (secondary N) is 1. The number of carbonyl (C=O) groups is 1. The summed E-state index contributed by atoms with van der Waals surface area (Å²) in [4.78, 5) is 12.2. The standard InChI is InChI=1S/C19H21NO3/c1-2-14-6-5-7-15(12-14)23-13-19(21)20-17-10-11-22-18-9-4-3-8-16(17)18/h3-9,12,17H,2,10-11,13H2,1H3,(H,20,21)/t17-/m0/s1. The Morgan fingerprint density at radius 3 is 3.00 bits per heavy atom. The second-order valence-corrected chi connectivity index (χ2v) is 5.58. The molecule has 0 aromatic heterocycles. The van der Waals surface area contributed by atoms with Crippen molar-refractivity contribution in [2.45, 2.75) is 25.8 Å². The van der Waals surface area contributed by atoms with Crippen molar-refractivity contribution in [3.63, 3.8) is 0 Å². The molecular weight excluding hydrogens is 290 g/mol. The smallest absolute Gasteiger partial charge is 0.258 e. The summed E-state index contributed by atoms with van der Waals surface area (Å²) in [5.74, 6) is 1.46. The van der Waals surface area contributed by atoms with Crippen LogP contribution in [-0.4, -0.2) is 19.1 Å². The summed E-state index contributed by atoms with van der Waals surface area (Å²) < 4.78 is 11.2. The Kier molecular flexibility index (Phi) is 4.81. The molecule has 1 heterocycles. The molecule has 23 heavy (non-hydrogen) atoms. The Morgan fingerprint density at radius 2 is 2.13 bits per heavy atom. The van der Waals surface area contributed by atoms with Gasteiger partial charge in [0.1, 0.15) is 11.5 Å². The lowest BCUT2D eigenvalue weighted by Gasteiger charge is -2.26. The van der Waals surface area contributed by atoms with Crippen LogP contribution >= 0.6 is 0 Å². The van der Waals surface area contributed by atoms with Gasteiger partial charge in [-0.3, -0.25) is 4.79 Å². The van der Waals surface area contributed by atoms with Gasteiger partial charge in [-0.2, -0.15) is 0 Å². The summed E-state index contributed by atoms with van der Waals surface area (Å²) in [6, 6.07) is 15.6. The summed E-state index contributed by atoms with van der Waals surface area (Å²) in [5, 5.41) is 3.03. The fraction of sp³-hybridized carbons (Fsp3) is 0.316. The molecule has 0 radical (unpaired) electrons. The van der Waals surface area contributed by atoms with Crippen LogP contribution in [0.3, 0.4) is 0 Å². The largest absolute Gasteiger partial charge is 0.493 e. The van der Waals surface area contributed by atoms with Crippen molar-refractivity contribution in [2.24, 2.45) is 0 Å². The SMILES string of the molecule is CCc1cccc(OCC(=O)N[C@H]2CCOc3ccccc32)c1. The molecule has 2 aromatic rings. The molecule has 0 aliphatic carbocycles. The lowest BCUT2D eigenvalue weighted by molar-refractivity contribution is -0.124. The number of fused-ring (bicyclic) bond motifs is 1. The Labute approximate surface area is 136 Å². The molecule has 0 saturated carbocycles. The van der Waals surface area contributed by atoms with Crippen molar-refractivity contribution < 1.29 is 14.3 Å². The highest BCUT2D eigenvalue weighted by atomic mass is 16.5. The molecule has 0 spiro atoms. The van der Waals surface area contributed by atoms with Gasteiger partial charge in [-0.05, 0) is 30.2 Å². The van der Waals surface area contributed by atoms with Crippen LogP contribution in [0.5, 0.6) is 11.5 Å². The van der Waals surface area contributed by atoms with Crippen molar-refractivity contribution in [3.05, 3.63) is 59.7 Å². The van der Waals surface area contributed by atoms with Gasteiger partial charge in [0, 0.05) is 12.0 Å². The normalized spacial score (nSPS) is 16.1. The van der Waals surface area contributed by atoms with E-state index in [1.165, 1.54) is 5.56 Å². The molecule has 1 amide bonds. The average Bonchev–Trinajstić information content (AvgIpc) is 2.60. The van der Waals surface area contributed by atoms with Crippen molar-refractivity contribution >= 4 is 5.91 Å². The van der Waals surface area contributed by atoms with E-state index < -0.39 is 0 Å². The quantitative estimate of drug-likeness (QED) is 0.922. The monoisotopic (exact) mass is 311 g/mol. The number of amides is 1. The van der Waals surface area contributed by atoms with Crippen LogP contribution in [0.25, 0.3) is 0 Å². The van der Waals surface area contributed by atoms with Gasteiger partial charge in [0.15, 0.2) is 6.61 Å². The average molecular weight is 311 g/mol. The number of para-hydroxylation sites is 1. The summed E-state index contributed by atoms with van der Waals surface area (Å²) in [6.45, 7) is 2.72. The minimum atomic E-state index is -0.117. The Bertz CT molecular complexity index is 684. The summed E-state index contributed by atoms with van der Waals surface area (Å²) in [5.41, 5.74) is 2.22. The van der Waals surface area contributed by atoms with Crippen LogP contribution in [0.4, 0.5) is 0 Å². The van der Waals surface area contributed by atoms with E-state index in [1.807, 2.05) is 48.5 Å². The van der Waals surface area contributed by atoms with E-state index in [-0.39, 0.29) is 18.6 Å². The van der Waals surface area contributed by atoms with Crippen molar-refractivity contribution in [1.82, 2.24) is 5.32 Å². The molecule has 3 rings (SSSR count). The number of aryl methyl sites for hydroxylation is 1. The van der Waals surface area contributed by atoms with Crippen molar-refractivity contribution in [2.75, 3.05) is 13.2 Å². The molecule has 120 valence electrons. The zero-order valence-corrected chi connectivity index (χ0v) is 13.2. The zero-order chi connectivity index (χ0) is 16.1. The van der Waals surface area contributed by atoms with Crippen LogP contribution < -0.4 is 14.8 Å². The first-order valence-electron chi connectivity index (χ1n) is 7.99. The first kappa shape index (κ1) is 15.4. The highest BCUT2D eigenvalue weighted by Gasteiger charge is 2.22. The van der Waals surface area contributed by atoms with E-state index in [0.717, 1.165) is 29.9 Å². The molecule has 1 aliphatic heterocycles. The van der Waals surface area contributed by atoms with E-state index >= 15 is 0 Å². The molecule has 4 nitrogen and oxygen atoms in total. The minimum Gasteiger partial charge on any atom is -0.493 e. The van der Waals surface area contributed by atoms with Gasteiger partial charge < -0.3 is 14.8 Å². The number of ether oxygens (including phenoxy) is 2. The molecule has 4 heteroatoms. The molecule has 1 atom stereocenters. The van der Waals surface area contributed by atoms with Gasteiger partial charge in [-0.25, -0.2) is 0 Å². The van der Waals surface area contributed by atoms with E-state index in [2.05, 4.69) is 12.2 Å². The molecule has 0 bridgehead atoms. The number of carbonyl (C=O) groups excluding carboxylic acids is 1. The van der Waals surface area contributed by atoms with Crippen LogP contribution in [0.1, 0.15) is 30.5 Å². The summed E-state index contributed by atoms with van der Waals surface area (Å²) >= 11 is 0. The lowest BCUT2D eigenvalue weighted by atomic mass is 10.0. The topological polar surface area (TPSA) is 47.6 Å². The maximum absolute atomic E-state index is 12.2. The summed E-state index contributed by atoms with van der Waals surface area (Å²) in [7, 11) is 0. The van der Waals surface area contributed by atoms with Crippen LogP contribution in [0.15, 0.2) is 48.5 Å². The number of hydrogen-bond acceptors (Lipinski definition) is 3. The second-order valence-electron chi connectivity index (χ2n) is 5.58. The fourth-order valence-electron chi connectivity index (χ4n) is 2.73. The first-order chi connectivity index (χ1) is 11.3. The van der Waals surface area contributed by atoms with E-state index in [0.29, 0.717) is 6.61 Å². The van der Waals surface area contributed by atoms with Gasteiger partial charge in [0.05, 0.1) is 12.6 Å². The molecule has 0 fully saturated rings. The van der Waals surface area contributed by atoms with Crippen LogP contribution in [-0.2, 0) is 11.2 Å². The van der Waals surface area contributed by atoms with Gasteiger partial charge >= 0.3 is 0 Å².